The minimum atomic E-state index is -0.188. The van der Waals surface area contributed by atoms with E-state index in [-0.39, 0.29) is 5.82 Å². The Kier molecular flexibility index (Phi) is 7.02. The van der Waals surface area contributed by atoms with Crippen molar-refractivity contribution in [1.82, 2.24) is 14.9 Å². The highest BCUT2D eigenvalue weighted by atomic mass is 19.1. The first kappa shape index (κ1) is 23.1. The quantitative estimate of drug-likeness (QED) is 0.497. The molecule has 182 valence electrons. The van der Waals surface area contributed by atoms with Crippen LogP contribution in [-0.4, -0.2) is 47.7 Å². The molecule has 2 aromatic rings. The van der Waals surface area contributed by atoms with Crippen LogP contribution in [0.1, 0.15) is 49.7 Å². The molecule has 0 bridgehead atoms. The predicted molar refractivity (Wildman–Crippen MR) is 133 cm³/mol. The summed E-state index contributed by atoms with van der Waals surface area (Å²) in [7, 11) is 0. The van der Waals surface area contributed by atoms with E-state index < -0.39 is 0 Å². The van der Waals surface area contributed by atoms with Crippen molar-refractivity contribution in [3.63, 3.8) is 0 Å². The Morgan fingerprint density at radius 3 is 2.56 bits per heavy atom. The number of aryl methyl sites for hydroxylation is 1. The molecule has 0 amide bonds. The number of hydrogen-bond acceptors (Lipinski definition) is 5. The van der Waals surface area contributed by atoms with Crippen LogP contribution in [0, 0.1) is 30.5 Å². The molecular formula is C28H37FN4O. The third kappa shape index (κ3) is 5.53. The minimum Gasteiger partial charge on any atom is -0.493 e. The van der Waals surface area contributed by atoms with Crippen LogP contribution in [0.4, 0.5) is 10.3 Å². The van der Waals surface area contributed by atoms with E-state index in [1.54, 1.807) is 6.07 Å². The second-order valence-corrected chi connectivity index (χ2v) is 10.4. The highest BCUT2D eigenvalue weighted by molar-refractivity contribution is 5.32. The Balaban J connectivity index is 1.02. The Hall–Kier alpha value is -2.63. The van der Waals surface area contributed by atoms with Crippen molar-refractivity contribution < 1.29 is 9.13 Å². The number of rotatable bonds is 9. The van der Waals surface area contributed by atoms with E-state index in [1.807, 2.05) is 31.5 Å². The fraction of sp³-hybridized carbons (Fsp3) is 0.571. The normalized spacial score (nSPS) is 22.8. The zero-order valence-corrected chi connectivity index (χ0v) is 20.4. The molecule has 1 aliphatic carbocycles. The fourth-order valence-electron chi connectivity index (χ4n) is 5.71. The van der Waals surface area contributed by atoms with E-state index in [0.29, 0.717) is 24.3 Å². The van der Waals surface area contributed by atoms with E-state index >= 15 is 0 Å². The standard InChI is InChI=1S/C28H37FN4O/c1-20-18-30-28(31-19-20)33-12-7-22(8-13-33)26-16-23(26)9-14-34-25-6-5-24(27(29)17-25)15-21(2)32-10-3-4-11-32/h5-6,17-19,22-23,26H,2-4,7-16H2,1H3. The summed E-state index contributed by atoms with van der Waals surface area (Å²) in [4.78, 5) is 13.5. The molecule has 0 N–H and O–H groups in total. The maximum absolute atomic E-state index is 14.6. The number of anilines is 1. The van der Waals surface area contributed by atoms with Crippen molar-refractivity contribution in [3.05, 3.63) is 59.8 Å². The Morgan fingerprint density at radius 1 is 1.12 bits per heavy atom. The maximum Gasteiger partial charge on any atom is 0.225 e. The molecule has 2 atom stereocenters. The van der Waals surface area contributed by atoms with E-state index in [1.165, 1.54) is 32.1 Å². The lowest BCUT2D eigenvalue weighted by atomic mass is 9.90. The van der Waals surface area contributed by atoms with Gasteiger partial charge in [0.2, 0.25) is 5.95 Å². The highest BCUT2D eigenvalue weighted by Crippen LogP contribution is 2.49. The van der Waals surface area contributed by atoms with Gasteiger partial charge in [-0.15, -0.1) is 0 Å². The van der Waals surface area contributed by atoms with Crippen molar-refractivity contribution in [2.24, 2.45) is 17.8 Å². The Morgan fingerprint density at radius 2 is 1.85 bits per heavy atom. The average molecular weight is 465 g/mol. The smallest absolute Gasteiger partial charge is 0.225 e. The summed E-state index contributed by atoms with van der Waals surface area (Å²) in [6.07, 6.45) is 11.6. The van der Waals surface area contributed by atoms with Crippen molar-refractivity contribution in [2.45, 2.75) is 51.9 Å². The maximum atomic E-state index is 14.6. The van der Waals surface area contributed by atoms with Crippen LogP contribution in [0.25, 0.3) is 0 Å². The summed E-state index contributed by atoms with van der Waals surface area (Å²) < 4.78 is 20.5. The van der Waals surface area contributed by atoms with Gasteiger partial charge in [-0.2, -0.15) is 0 Å². The van der Waals surface area contributed by atoms with Gasteiger partial charge in [-0.05, 0) is 80.4 Å². The monoisotopic (exact) mass is 464 g/mol. The first-order valence-corrected chi connectivity index (χ1v) is 12.9. The molecule has 3 aliphatic rings. The number of hydrogen-bond donors (Lipinski definition) is 0. The molecule has 5 rings (SSSR count). The topological polar surface area (TPSA) is 41.5 Å². The summed E-state index contributed by atoms with van der Waals surface area (Å²) >= 11 is 0. The molecule has 5 nitrogen and oxygen atoms in total. The van der Waals surface area contributed by atoms with Crippen molar-refractivity contribution in [3.8, 4) is 5.75 Å². The summed E-state index contributed by atoms with van der Waals surface area (Å²) in [6, 6.07) is 5.31. The zero-order chi connectivity index (χ0) is 23.5. The number of benzene rings is 1. The van der Waals surface area contributed by atoms with Gasteiger partial charge >= 0.3 is 0 Å². The molecule has 1 saturated carbocycles. The molecule has 3 heterocycles. The summed E-state index contributed by atoms with van der Waals surface area (Å²) in [6.45, 7) is 11.0. The number of nitrogens with zero attached hydrogens (tertiary/aromatic N) is 4. The van der Waals surface area contributed by atoms with Gasteiger partial charge in [0.15, 0.2) is 0 Å². The fourth-order valence-corrected chi connectivity index (χ4v) is 5.71. The molecule has 0 spiro atoms. The lowest BCUT2D eigenvalue weighted by Gasteiger charge is -2.32. The first-order valence-electron chi connectivity index (χ1n) is 12.9. The molecule has 6 heteroatoms. The van der Waals surface area contributed by atoms with Crippen LogP contribution in [0.15, 0.2) is 42.9 Å². The van der Waals surface area contributed by atoms with Crippen LogP contribution in [0.5, 0.6) is 5.75 Å². The lowest BCUT2D eigenvalue weighted by molar-refractivity contribution is 0.283. The van der Waals surface area contributed by atoms with Gasteiger partial charge in [0.1, 0.15) is 11.6 Å². The van der Waals surface area contributed by atoms with Crippen LogP contribution >= 0.6 is 0 Å². The number of halogens is 1. The second-order valence-electron chi connectivity index (χ2n) is 10.4. The van der Waals surface area contributed by atoms with Crippen LogP contribution in [-0.2, 0) is 6.42 Å². The lowest BCUT2D eigenvalue weighted by Crippen LogP contribution is -2.35. The van der Waals surface area contributed by atoms with Crippen LogP contribution in [0.2, 0.25) is 0 Å². The van der Waals surface area contributed by atoms with Crippen LogP contribution < -0.4 is 9.64 Å². The SMILES string of the molecule is C=C(Cc1ccc(OCCC2CC2C2CCN(c3ncc(C)cn3)CC2)cc1F)N1CCCC1. The second kappa shape index (κ2) is 10.3. The first-order chi connectivity index (χ1) is 16.6. The van der Waals surface area contributed by atoms with Gasteiger partial charge in [-0.25, -0.2) is 14.4 Å². The van der Waals surface area contributed by atoms with Crippen molar-refractivity contribution in [2.75, 3.05) is 37.7 Å². The molecule has 1 aromatic carbocycles. The highest BCUT2D eigenvalue weighted by Gasteiger charge is 2.43. The number of piperidine rings is 1. The number of aromatic nitrogens is 2. The molecule has 0 radical (unpaired) electrons. The van der Waals surface area contributed by atoms with E-state index in [2.05, 4.69) is 26.3 Å². The summed E-state index contributed by atoms with van der Waals surface area (Å²) in [5.74, 6) is 3.68. The van der Waals surface area contributed by atoms with Crippen LogP contribution in [0.3, 0.4) is 0 Å². The summed E-state index contributed by atoms with van der Waals surface area (Å²) in [5, 5.41) is 0. The van der Waals surface area contributed by atoms with Gasteiger partial charge in [0.25, 0.3) is 0 Å². The third-order valence-electron chi connectivity index (χ3n) is 7.90. The minimum absolute atomic E-state index is 0.188. The summed E-state index contributed by atoms with van der Waals surface area (Å²) in [5.41, 5.74) is 2.82. The van der Waals surface area contributed by atoms with Gasteiger partial charge < -0.3 is 14.5 Å². The van der Waals surface area contributed by atoms with Gasteiger partial charge in [0, 0.05) is 56.8 Å². The Labute approximate surface area is 203 Å². The molecule has 34 heavy (non-hydrogen) atoms. The molecule has 2 aliphatic heterocycles. The largest absolute Gasteiger partial charge is 0.493 e. The van der Waals surface area contributed by atoms with Gasteiger partial charge in [-0.1, -0.05) is 12.6 Å². The van der Waals surface area contributed by atoms with E-state index in [0.717, 1.165) is 67.6 Å². The predicted octanol–water partition coefficient (Wildman–Crippen LogP) is 5.40. The van der Waals surface area contributed by atoms with Gasteiger partial charge in [0.05, 0.1) is 6.61 Å². The molecular weight excluding hydrogens is 427 g/mol. The van der Waals surface area contributed by atoms with E-state index in [9.17, 15) is 4.39 Å². The van der Waals surface area contributed by atoms with Crippen molar-refractivity contribution >= 4 is 5.95 Å². The third-order valence-corrected chi connectivity index (χ3v) is 7.90. The number of ether oxygens (including phenoxy) is 1. The van der Waals surface area contributed by atoms with E-state index in [4.69, 9.17) is 4.74 Å². The molecule has 2 unspecified atom stereocenters. The Bertz CT molecular complexity index is 980. The average Bonchev–Trinajstić information content (AvgIpc) is 3.39. The van der Waals surface area contributed by atoms with Crippen molar-refractivity contribution in [1.29, 1.82) is 0 Å². The number of likely N-dealkylation sites (tertiary alicyclic amines) is 1. The van der Waals surface area contributed by atoms with Gasteiger partial charge in [-0.3, -0.25) is 0 Å². The molecule has 3 fully saturated rings. The zero-order valence-electron chi connectivity index (χ0n) is 20.4. The molecule has 2 saturated heterocycles. The molecule has 1 aromatic heterocycles. The number of allylic oxidation sites excluding steroid dienone is 1.